The van der Waals surface area contributed by atoms with Crippen LogP contribution in [0.2, 0.25) is 0 Å². The van der Waals surface area contributed by atoms with E-state index in [9.17, 15) is 14.7 Å². The highest BCUT2D eigenvalue weighted by Crippen LogP contribution is 2.27. The first kappa shape index (κ1) is 15.8. The summed E-state index contributed by atoms with van der Waals surface area (Å²) in [5.74, 6) is -0.544. The van der Waals surface area contributed by atoms with Gasteiger partial charge in [0.1, 0.15) is 0 Å². The van der Waals surface area contributed by atoms with E-state index in [1.54, 1.807) is 17.5 Å². The quantitative estimate of drug-likeness (QED) is 0.781. The molecule has 0 bridgehead atoms. The van der Waals surface area contributed by atoms with Crippen molar-refractivity contribution in [1.82, 2.24) is 10.6 Å². The van der Waals surface area contributed by atoms with Crippen LogP contribution >= 0.6 is 11.3 Å². The van der Waals surface area contributed by atoms with Gasteiger partial charge in [-0.1, -0.05) is 32.3 Å². The number of rotatable bonds is 5. The first-order valence-electron chi connectivity index (χ1n) is 7.45. The number of hydrogen-bond acceptors (Lipinski definition) is 3. The predicted octanol–water partition coefficient (Wildman–Crippen LogP) is 3.14. The lowest BCUT2D eigenvalue weighted by Gasteiger charge is -2.31. The molecule has 116 valence electrons. The second-order valence-electron chi connectivity index (χ2n) is 5.46. The largest absolute Gasteiger partial charge is 0.479 e. The van der Waals surface area contributed by atoms with Gasteiger partial charge in [0.2, 0.25) is 0 Å². The second kappa shape index (κ2) is 7.45. The van der Waals surface area contributed by atoms with E-state index >= 15 is 0 Å². The monoisotopic (exact) mass is 310 g/mol. The van der Waals surface area contributed by atoms with Crippen molar-refractivity contribution in [1.29, 1.82) is 0 Å². The smallest absolute Gasteiger partial charge is 0.331 e. The molecule has 0 spiro atoms. The number of urea groups is 1. The first-order valence-corrected chi connectivity index (χ1v) is 8.33. The van der Waals surface area contributed by atoms with E-state index in [0.717, 1.165) is 25.7 Å². The van der Waals surface area contributed by atoms with Gasteiger partial charge in [-0.05, 0) is 30.2 Å². The van der Waals surface area contributed by atoms with E-state index in [1.165, 1.54) is 17.8 Å². The topological polar surface area (TPSA) is 78.4 Å². The maximum Gasteiger partial charge on any atom is 0.331 e. The predicted molar refractivity (Wildman–Crippen MR) is 82.4 cm³/mol. The molecular formula is C15H22N2O3S. The van der Waals surface area contributed by atoms with Crippen LogP contribution in [0.3, 0.4) is 0 Å². The number of nitrogens with one attached hydrogen (secondary N) is 2. The van der Waals surface area contributed by atoms with Gasteiger partial charge in [-0.2, -0.15) is 0 Å². The van der Waals surface area contributed by atoms with Crippen molar-refractivity contribution in [2.24, 2.45) is 5.92 Å². The molecule has 3 unspecified atom stereocenters. The van der Waals surface area contributed by atoms with Crippen LogP contribution in [0.4, 0.5) is 4.79 Å². The number of carboxylic acid groups (broad SMARTS) is 1. The fourth-order valence-corrected chi connectivity index (χ4v) is 3.70. The highest BCUT2D eigenvalue weighted by molar-refractivity contribution is 7.10. The third-order valence-corrected chi connectivity index (χ3v) is 5.04. The van der Waals surface area contributed by atoms with E-state index in [4.69, 9.17) is 0 Å². The number of thiophene rings is 1. The molecule has 0 saturated heterocycles. The van der Waals surface area contributed by atoms with E-state index in [-0.39, 0.29) is 12.1 Å². The second-order valence-corrected chi connectivity index (χ2v) is 6.44. The Balaban J connectivity index is 1.94. The molecule has 0 aromatic carbocycles. The van der Waals surface area contributed by atoms with Crippen molar-refractivity contribution in [2.45, 2.75) is 51.1 Å². The van der Waals surface area contributed by atoms with Crippen LogP contribution in [0.5, 0.6) is 0 Å². The third kappa shape index (κ3) is 4.20. The molecule has 5 nitrogen and oxygen atoms in total. The van der Waals surface area contributed by atoms with Gasteiger partial charge in [0.15, 0.2) is 6.04 Å². The Morgan fingerprint density at radius 1 is 1.43 bits per heavy atom. The van der Waals surface area contributed by atoms with Crippen molar-refractivity contribution < 1.29 is 14.7 Å². The number of carboxylic acids is 1. The van der Waals surface area contributed by atoms with Crippen LogP contribution in [-0.2, 0) is 4.79 Å². The summed E-state index contributed by atoms with van der Waals surface area (Å²) < 4.78 is 0. The normalized spacial score (nSPS) is 23.3. The molecule has 1 aliphatic carbocycles. The van der Waals surface area contributed by atoms with E-state index in [0.29, 0.717) is 10.8 Å². The number of hydrogen-bond donors (Lipinski definition) is 3. The molecule has 3 N–H and O–H groups in total. The summed E-state index contributed by atoms with van der Waals surface area (Å²) >= 11 is 1.33. The minimum atomic E-state index is -1.04. The van der Waals surface area contributed by atoms with Crippen LogP contribution in [-0.4, -0.2) is 23.1 Å². The minimum Gasteiger partial charge on any atom is -0.479 e. The molecule has 21 heavy (non-hydrogen) atoms. The molecule has 1 heterocycles. The maximum atomic E-state index is 12.1. The van der Waals surface area contributed by atoms with Gasteiger partial charge < -0.3 is 15.7 Å². The Morgan fingerprint density at radius 2 is 2.19 bits per heavy atom. The summed E-state index contributed by atoms with van der Waals surface area (Å²) in [7, 11) is 0. The molecule has 2 rings (SSSR count). The molecule has 1 aliphatic rings. The van der Waals surface area contributed by atoms with Gasteiger partial charge in [0.25, 0.3) is 0 Å². The highest BCUT2D eigenvalue weighted by Gasteiger charge is 2.28. The molecule has 2 amide bonds. The van der Waals surface area contributed by atoms with Crippen LogP contribution in [0.1, 0.15) is 49.9 Å². The van der Waals surface area contributed by atoms with Crippen molar-refractivity contribution in [3.05, 3.63) is 22.4 Å². The van der Waals surface area contributed by atoms with Crippen molar-refractivity contribution in [2.75, 3.05) is 0 Å². The Bertz CT molecular complexity index is 475. The SMILES string of the molecule is CCC1CCCCC1NC(=O)NC(C(=O)O)c1cccs1. The Kier molecular flexibility index (Phi) is 5.61. The molecule has 6 heteroatoms. The summed E-state index contributed by atoms with van der Waals surface area (Å²) in [5, 5.41) is 16.6. The molecule has 1 aromatic heterocycles. The van der Waals surface area contributed by atoms with Gasteiger partial charge in [-0.3, -0.25) is 0 Å². The lowest BCUT2D eigenvalue weighted by Crippen LogP contribution is -2.48. The van der Waals surface area contributed by atoms with Gasteiger partial charge in [-0.15, -0.1) is 11.3 Å². The maximum absolute atomic E-state index is 12.1. The molecule has 1 saturated carbocycles. The zero-order valence-electron chi connectivity index (χ0n) is 12.2. The van der Waals surface area contributed by atoms with Gasteiger partial charge in [0, 0.05) is 10.9 Å². The van der Waals surface area contributed by atoms with Crippen LogP contribution in [0.25, 0.3) is 0 Å². The Morgan fingerprint density at radius 3 is 2.81 bits per heavy atom. The number of carbonyl (C=O) groups is 2. The molecule has 3 atom stereocenters. The summed E-state index contributed by atoms with van der Waals surface area (Å²) in [4.78, 5) is 24.0. The zero-order chi connectivity index (χ0) is 15.2. The summed E-state index contributed by atoms with van der Waals surface area (Å²) in [5.41, 5.74) is 0. The molecule has 1 fully saturated rings. The highest BCUT2D eigenvalue weighted by atomic mass is 32.1. The summed E-state index contributed by atoms with van der Waals surface area (Å²) in [6.45, 7) is 2.13. The lowest BCUT2D eigenvalue weighted by atomic mass is 9.83. The average molecular weight is 310 g/mol. The molecular weight excluding hydrogens is 288 g/mol. The Labute approximate surface area is 128 Å². The molecule has 0 radical (unpaired) electrons. The number of amides is 2. The third-order valence-electron chi connectivity index (χ3n) is 4.10. The van der Waals surface area contributed by atoms with E-state index in [1.807, 2.05) is 0 Å². The van der Waals surface area contributed by atoms with Crippen LogP contribution in [0, 0.1) is 5.92 Å². The molecule has 1 aromatic rings. The summed E-state index contributed by atoms with van der Waals surface area (Å²) in [6.07, 6.45) is 5.48. The number of carbonyl (C=O) groups excluding carboxylic acids is 1. The Hall–Kier alpha value is -1.56. The molecule has 0 aliphatic heterocycles. The minimum absolute atomic E-state index is 0.154. The average Bonchev–Trinajstić information content (AvgIpc) is 2.99. The van der Waals surface area contributed by atoms with Gasteiger partial charge in [0.05, 0.1) is 0 Å². The van der Waals surface area contributed by atoms with Crippen molar-refractivity contribution in [3.63, 3.8) is 0 Å². The lowest BCUT2D eigenvalue weighted by molar-refractivity contribution is -0.139. The first-order chi connectivity index (χ1) is 10.1. The fourth-order valence-electron chi connectivity index (χ4n) is 2.94. The van der Waals surface area contributed by atoms with Crippen LogP contribution in [0.15, 0.2) is 17.5 Å². The van der Waals surface area contributed by atoms with Gasteiger partial charge >= 0.3 is 12.0 Å². The van der Waals surface area contributed by atoms with Crippen LogP contribution < -0.4 is 10.6 Å². The zero-order valence-corrected chi connectivity index (χ0v) is 13.0. The van der Waals surface area contributed by atoms with Crippen molar-refractivity contribution in [3.8, 4) is 0 Å². The number of aliphatic carboxylic acids is 1. The van der Waals surface area contributed by atoms with E-state index < -0.39 is 12.0 Å². The van der Waals surface area contributed by atoms with Crippen molar-refractivity contribution >= 4 is 23.3 Å². The fraction of sp³-hybridized carbons (Fsp3) is 0.600. The standard InChI is InChI=1S/C15H22N2O3S/c1-2-10-6-3-4-7-11(10)16-15(20)17-13(14(18)19)12-8-5-9-21-12/h5,8-11,13H,2-4,6-7H2,1H3,(H,18,19)(H2,16,17,20). The summed E-state index contributed by atoms with van der Waals surface area (Å²) in [6, 6.07) is 2.29. The van der Waals surface area contributed by atoms with Gasteiger partial charge in [-0.25, -0.2) is 9.59 Å². The van der Waals surface area contributed by atoms with E-state index in [2.05, 4.69) is 17.6 Å².